The van der Waals surface area contributed by atoms with Crippen LogP contribution in [0.2, 0.25) is 0 Å². The number of benzene rings is 3. The van der Waals surface area contributed by atoms with Crippen LogP contribution in [0.4, 0.5) is 0 Å². The second-order valence-electron chi connectivity index (χ2n) is 9.33. The number of likely N-dealkylation sites (tertiary alicyclic amines) is 1. The SMILES string of the molecule is COc1cc(C2C(=C(O)c3ccc4c(c3)CC(C)O4)C(=O)C(=O)N2Cc2ccccc2)cc(OC)c1OC. The summed E-state index contributed by atoms with van der Waals surface area (Å²) in [5, 5.41) is 11.5. The number of aliphatic hydroxyl groups is 1. The van der Waals surface area contributed by atoms with Gasteiger partial charge < -0.3 is 29.0 Å². The molecule has 0 aromatic heterocycles. The topological polar surface area (TPSA) is 94.5 Å². The monoisotopic (exact) mass is 515 g/mol. The Hall–Kier alpha value is -4.46. The molecule has 2 unspecified atom stereocenters. The Morgan fingerprint density at radius 3 is 2.29 bits per heavy atom. The highest BCUT2D eigenvalue weighted by Gasteiger charge is 2.46. The molecule has 2 aliphatic heterocycles. The number of Topliss-reactive ketones (excluding diaryl/α,β-unsaturated/α-hetero) is 1. The first-order chi connectivity index (χ1) is 18.4. The number of carbonyl (C=O) groups excluding carboxylic acids is 2. The van der Waals surface area contributed by atoms with Gasteiger partial charge in [-0.25, -0.2) is 0 Å². The first-order valence-corrected chi connectivity index (χ1v) is 12.3. The van der Waals surface area contributed by atoms with Gasteiger partial charge in [-0.1, -0.05) is 30.3 Å². The molecule has 8 nitrogen and oxygen atoms in total. The zero-order valence-corrected chi connectivity index (χ0v) is 21.7. The van der Waals surface area contributed by atoms with E-state index in [4.69, 9.17) is 18.9 Å². The van der Waals surface area contributed by atoms with Gasteiger partial charge in [0.15, 0.2) is 11.5 Å². The van der Waals surface area contributed by atoms with Crippen molar-refractivity contribution < 1.29 is 33.6 Å². The van der Waals surface area contributed by atoms with Gasteiger partial charge in [0.25, 0.3) is 11.7 Å². The lowest BCUT2D eigenvalue weighted by Crippen LogP contribution is -2.29. The van der Waals surface area contributed by atoms with E-state index in [-0.39, 0.29) is 24.0 Å². The van der Waals surface area contributed by atoms with Crippen LogP contribution in [0.15, 0.2) is 66.2 Å². The summed E-state index contributed by atoms with van der Waals surface area (Å²) >= 11 is 0. The zero-order chi connectivity index (χ0) is 27.0. The van der Waals surface area contributed by atoms with E-state index in [0.717, 1.165) is 16.9 Å². The Balaban J connectivity index is 1.69. The molecule has 0 saturated carbocycles. The minimum absolute atomic E-state index is 0.00730. The predicted octanol–water partition coefficient (Wildman–Crippen LogP) is 4.66. The highest BCUT2D eigenvalue weighted by atomic mass is 16.5. The van der Waals surface area contributed by atoms with Crippen molar-refractivity contribution in [1.82, 2.24) is 4.90 Å². The molecule has 1 fully saturated rings. The van der Waals surface area contributed by atoms with Crippen LogP contribution in [-0.4, -0.2) is 49.1 Å². The lowest BCUT2D eigenvalue weighted by atomic mass is 9.93. The van der Waals surface area contributed by atoms with E-state index >= 15 is 0 Å². The van der Waals surface area contributed by atoms with Crippen molar-refractivity contribution in [3.63, 3.8) is 0 Å². The number of carbonyl (C=O) groups is 2. The molecular formula is C30H29NO7. The number of amides is 1. The molecule has 1 amide bonds. The van der Waals surface area contributed by atoms with Crippen LogP contribution in [0.3, 0.4) is 0 Å². The maximum Gasteiger partial charge on any atom is 0.295 e. The molecule has 0 spiro atoms. The Morgan fingerprint density at radius 1 is 0.974 bits per heavy atom. The summed E-state index contributed by atoms with van der Waals surface area (Å²) in [6.45, 7) is 2.14. The third kappa shape index (κ3) is 4.32. The van der Waals surface area contributed by atoms with Crippen LogP contribution >= 0.6 is 0 Å². The van der Waals surface area contributed by atoms with Crippen LogP contribution in [0.1, 0.15) is 35.2 Å². The summed E-state index contributed by atoms with van der Waals surface area (Å²) in [6, 6.07) is 17.2. The summed E-state index contributed by atoms with van der Waals surface area (Å²) in [5.74, 6) is 0.160. The van der Waals surface area contributed by atoms with Gasteiger partial charge in [0.1, 0.15) is 17.6 Å². The van der Waals surface area contributed by atoms with Gasteiger partial charge >= 0.3 is 0 Å². The highest BCUT2D eigenvalue weighted by molar-refractivity contribution is 6.46. The molecule has 3 aromatic rings. The smallest absolute Gasteiger partial charge is 0.295 e. The number of nitrogens with zero attached hydrogens (tertiary/aromatic N) is 1. The van der Waals surface area contributed by atoms with Gasteiger partial charge in [-0.05, 0) is 53.9 Å². The molecule has 38 heavy (non-hydrogen) atoms. The summed E-state index contributed by atoms with van der Waals surface area (Å²) in [6.07, 6.45) is 0.716. The molecule has 2 heterocycles. The Bertz CT molecular complexity index is 1400. The number of methoxy groups -OCH3 is 3. The quantitative estimate of drug-likeness (QED) is 0.278. The largest absolute Gasteiger partial charge is 0.507 e. The van der Waals surface area contributed by atoms with Crippen molar-refractivity contribution in [1.29, 1.82) is 0 Å². The molecule has 2 atom stereocenters. The molecule has 0 radical (unpaired) electrons. The second-order valence-corrected chi connectivity index (χ2v) is 9.33. The fourth-order valence-electron chi connectivity index (χ4n) is 5.15. The second kappa shape index (κ2) is 10.1. The van der Waals surface area contributed by atoms with Crippen molar-refractivity contribution in [2.24, 2.45) is 0 Å². The van der Waals surface area contributed by atoms with Crippen LogP contribution in [-0.2, 0) is 22.6 Å². The molecular weight excluding hydrogens is 486 g/mol. The minimum Gasteiger partial charge on any atom is -0.507 e. The van der Waals surface area contributed by atoms with Crippen molar-refractivity contribution in [2.75, 3.05) is 21.3 Å². The molecule has 196 valence electrons. The molecule has 1 N–H and O–H groups in total. The Labute approximate surface area is 221 Å². The molecule has 8 heteroatoms. The van der Waals surface area contributed by atoms with Crippen molar-refractivity contribution in [2.45, 2.75) is 32.0 Å². The lowest BCUT2D eigenvalue weighted by molar-refractivity contribution is -0.140. The summed E-state index contributed by atoms with van der Waals surface area (Å²) in [7, 11) is 4.49. The van der Waals surface area contributed by atoms with E-state index in [2.05, 4.69) is 0 Å². The first-order valence-electron chi connectivity index (χ1n) is 12.3. The average molecular weight is 516 g/mol. The van der Waals surface area contributed by atoms with E-state index in [1.807, 2.05) is 43.3 Å². The Kier molecular flexibility index (Phi) is 6.72. The van der Waals surface area contributed by atoms with E-state index in [1.165, 1.54) is 26.2 Å². The maximum atomic E-state index is 13.5. The van der Waals surface area contributed by atoms with Crippen LogP contribution in [0.5, 0.6) is 23.0 Å². The third-order valence-corrected chi connectivity index (χ3v) is 6.91. The predicted molar refractivity (Wildman–Crippen MR) is 141 cm³/mol. The van der Waals surface area contributed by atoms with E-state index in [9.17, 15) is 14.7 Å². The number of aliphatic hydroxyl groups excluding tert-OH is 1. The normalized spacial score (nSPS) is 19.7. The summed E-state index contributed by atoms with van der Waals surface area (Å²) in [5.41, 5.74) is 2.75. The minimum atomic E-state index is -0.896. The zero-order valence-electron chi connectivity index (χ0n) is 21.7. The van der Waals surface area contributed by atoms with E-state index in [0.29, 0.717) is 34.8 Å². The van der Waals surface area contributed by atoms with Crippen LogP contribution in [0.25, 0.3) is 5.76 Å². The van der Waals surface area contributed by atoms with Gasteiger partial charge in [-0.3, -0.25) is 9.59 Å². The van der Waals surface area contributed by atoms with Crippen molar-refractivity contribution in [3.8, 4) is 23.0 Å². The average Bonchev–Trinajstić information content (AvgIpc) is 3.43. The molecule has 5 rings (SSSR count). The number of hydrogen-bond donors (Lipinski definition) is 1. The molecule has 3 aromatic carbocycles. The maximum absolute atomic E-state index is 13.5. The third-order valence-electron chi connectivity index (χ3n) is 6.91. The van der Waals surface area contributed by atoms with Gasteiger partial charge in [-0.2, -0.15) is 0 Å². The van der Waals surface area contributed by atoms with Gasteiger partial charge in [0.2, 0.25) is 5.75 Å². The molecule has 1 saturated heterocycles. The fourth-order valence-corrected chi connectivity index (χ4v) is 5.15. The van der Waals surface area contributed by atoms with Gasteiger partial charge in [0, 0.05) is 18.5 Å². The molecule has 2 aliphatic rings. The number of hydrogen-bond acceptors (Lipinski definition) is 7. The Morgan fingerprint density at radius 2 is 1.66 bits per heavy atom. The fraction of sp³-hybridized carbons (Fsp3) is 0.267. The van der Waals surface area contributed by atoms with Crippen LogP contribution in [0, 0.1) is 0 Å². The standard InChI is InChI=1S/C30H29NO7/c1-17-12-20-13-19(10-11-22(20)38-17)27(32)25-26(21-14-23(35-2)29(37-4)24(15-21)36-3)31(30(34)28(25)33)16-18-8-6-5-7-9-18/h5-11,13-15,17,26,32H,12,16H2,1-4H3. The number of ketones is 1. The summed E-state index contributed by atoms with van der Waals surface area (Å²) < 4.78 is 22.3. The summed E-state index contributed by atoms with van der Waals surface area (Å²) in [4.78, 5) is 28.4. The number of ether oxygens (including phenoxy) is 4. The van der Waals surface area contributed by atoms with Crippen molar-refractivity contribution in [3.05, 3.63) is 88.5 Å². The number of rotatable bonds is 7. The molecule has 0 bridgehead atoms. The van der Waals surface area contributed by atoms with Crippen LogP contribution < -0.4 is 18.9 Å². The van der Waals surface area contributed by atoms with Gasteiger partial charge in [-0.15, -0.1) is 0 Å². The van der Waals surface area contributed by atoms with E-state index < -0.39 is 17.7 Å². The van der Waals surface area contributed by atoms with Crippen molar-refractivity contribution >= 4 is 17.4 Å². The highest BCUT2D eigenvalue weighted by Crippen LogP contribution is 2.46. The lowest BCUT2D eigenvalue weighted by Gasteiger charge is -2.26. The van der Waals surface area contributed by atoms with E-state index in [1.54, 1.807) is 24.3 Å². The molecule has 0 aliphatic carbocycles. The van der Waals surface area contributed by atoms with Gasteiger partial charge in [0.05, 0.1) is 32.9 Å². The first kappa shape index (κ1) is 25.2. The number of fused-ring (bicyclic) bond motifs is 1.